The summed E-state index contributed by atoms with van der Waals surface area (Å²) in [7, 11) is 1.93. The molecule has 0 saturated heterocycles. The third-order valence-electron chi connectivity index (χ3n) is 4.82. The van der Waals surface area contributed by atoms with Crippen LogP contribution in [0.5, 0.6) is 0 Å². The van der Waals surface area contributed by atoms with Gasteiger partial charge in [0.05, 0.1) is 5.92 Å². The first kappa shape index (κ1) is 15.6. The number of amides is 1. The van der Waals surface area contributed by atoms with E-state index in [9.17, 15) is 9.59 Å². The zero-order valence-corrected chi connectivity index (χ0v) is 14.1. The Bertz CT molecular complexity index is 622. The van der Waals surface area contributed by atoms with Crippen LogP contribution < -0.4 is 5.56 Å². The smallest absolute Gasteiger partial charge is 0.257 e. The van der Waals surface area contributed by atoms with E-state index in [2.05, 4.69) is 4.98 Å². The van der Waals surface area contributed by atoms with E-state index in [1.165, 1.54) is 31.0 Å². The van der Waals surface area contributed by atoms with Gasteiger partial charge in [-0.05, 0) is 19.8 Å². The van der Waals surface area contributed by atoms with Crippen LogP contribution in [0, 0.1) is 12.8 Å². The molecule has 22 heavy (non-hydrogen) atoms. The van der Waals surface area contributed by atoms with Gasteiger partial charge in [0.15, 0.2) is 5.16 Å². The van der Waals surface area contributed by atoms with Crippen molar-refractivity contribution in [3.05, 3.63) is 22.1 Å². The molecule has 1 amide bonds. The third-order valence-corrected chi connectivity index (χ3v) is 5.97. The van der Waals surface area contributed by atoms with Gasteiger partial charge in [0.25, 0.3) is 5.56 Å². The van der Waals surface area contributed by atoms with Gasteiger partial charge in [-0.2, -0.15) is 0 Å². The Morgan fingerprint density at radius 1 is 1.36 bits per heavy atom. The second-order valence-corrected chi connectivity index (χ2v) is 7.38. The summed E-state index contributed by atoms with van der Waals surface area (Å²) in [5.74, 6) is 0.773. The number of carbonyl (C=O) groups is 1. The van der Waals surface area contributed by atoms with E-state index in [4.69, 9.17) is 0 Å². The lowest BCUT2D eigenvalue weighted by atomic mass is 9.93. The molecule has 1 aromatic rings. The van der Waals surface area contributed by atoms with Crippen LogP contribution in [0.25, 0.3) is 0 Å². The largest absolute Gasteiger partial charge is 0.342 e. The molecule has 1 saturated carbocycles. The summed E-state index contributed by atoms with van der Waals surface area (Å²) in [5.41, 5.74) is 0.619. The van der Waals surface area contributed by atoms with Gasteiger partial charge in [-0.15, -0.1) is 0 Å². The fourth-order valence-electron chi connectivity index (χ4n) is 3.39. The Morgan fingerprint density at radius 2 is 2.09 bits per heavy atom. The predicted molar refractivity (Wildman–Crippen MR) is 87.1 cm³/mol. The van der Waals surface area contributed by atoms with Crippen LogP contribution in [0.4, 0.5) is 0 Å². The average molecular weight is 321 g/mol. The van der Waals surface area contributed by atoms with Gasteiger partial charge in [-0.25, -0.2) is 4.98 Å². The fourth-order valence-corrected chi connectivity index (χ4v) is 4.43. The molecule has 6 heteroatoms. The highest BCUT2D eigenvalue weighted by molar-refractivity contribution is 7.99. The van der Waals surface area contributed by atoms with Crippen molar-refractivity contribution in [2.24, 2.45) is 5.92 Å². The van der Waals surface area contributed by atoms with Crippen molar-refractivity contribution in [1.82, 2.24) is 14.5 Å². The molecule has 5 nitrogen and oxygen atoms in total. The van der Waals surface area contributed by atoms with E-state index in [1.807, 2.05) is 11.9 Å². The minimum absolute atomic E-state index is 0.0182. The lowest BCUT2D eigenvalue weighted by Gasteiger charge is -2.35. The molecular formula is C16H23N3O2S. The molecule has 0 aromatic carbocycles. The zero-order valence-electron chi connectivity index (χ0n) is 13.2. The van der Waals surface area contributed by atoms with E-state index < -0.39 is 0 Å². The maximum atomic E-state index is 12.8. The molecule has 3 rings (SSSR count). The minimum atomic E-state index is -0.120. The number of aryl methyl sites for hydroxylation is 1. The maximum absolute atomic E-state index is 12.8. The van der Waals surface area contributed by atoms with Gasteiger partial charge < -0.3 is 4.90 Å². The summed E-state index contributed by atoms with van der Waals surface area (Å²) in [4.78, 5) is 31.3. The molecule has 0 N–H and O–H groups in total. The van der Waals surface area contributed by atoms with Gasteiger partial charge >= 0.3 is 0 Å². The Kier molecular flexibility index (Phi) is 4.57. The Balaban J connectivity index is 1.74. The summed E-state index contributed by atoms with van der Waals surface area (Å²) in [5, 5.41) is 0.736. The second-order valence-electron chi connectivity index (χ2n) is 6.39. The molecule has 1 aliphatic heterocycles. The SMILES string of the molecule is Cc1cnc2n(c1=O)CC(C(=O)N(C)C1CCCCC1)CS2. The van der Waals surface area contributed by atoms with Crippen molar-refractivity contribution in [2.75, 3.05) is 12.8 Å². The quantitative estimate of drug-likeness (QED) is 0.783. The summed E-state index contributed by atoms with van der Waals surface area (Å²) < 4.78 is 1.67. The summed E-state index contributed by atoms with van der Waals surface area (Å²) in [6.45, 7) is 2.23. The first-order chi connectivity index (χ1) is 10.6. The van der Waals surface area contributed by atoms with Crippen LogP contribution in [-0.2, 0) is 11.3 Å². The Labute approximate surface area is 135 Å². The van der Waals surface area contributed by atoms with Crippen molar-refractivity contribution in [1.29, 1.82) is 0 Å². The summed E-state index contributed by atoms with van der Waals surface area (Å²) in [6, 6.07) is 0.375. The molecule has 1 aromatic heterocycles. The van der Waals surface area contributed by atoms with Crippen LogP contribution in [0.2, 0.25) is 0 Å². The van der Waals surface area contributed by atoms with Crippen LogP contribution in [-0.4, -0.2) is 39.2 Å². The molecule has 2 heterocycles. The average Bonchev–Trinajstić information content (AvgIpc) is 2.57. The number of aromatic nitrogens is 2. The van der Waals surface area contributed by atoms with E-state index in [0.29, 0.717) is 23.9 Å². The number of hydrogen-bond donors (Lipinski definition) is 0. The van der Waals surface area contributed by atoms with Crippen molar-refractivity contribution >= 4 is 17.7 Å². The highest BCUT2D eigenvalue weighted by atomic mass is 32.2. The number of carbonyl (C=O) groups excluding carboxylic acids is 1. The van der Waals surface area contributed by atoms with Crippen molar-refractivity contribution in [3.63, 3.8) is 0 Å². The predicted octanol–water partition coefficient (Wildman–Crippen LogP) is 2.06. The molecule has 0 bridgehead atoms. The van der Waals surface area contributed by atoms with E-state index in [1.54, 1.807) is 17.7 Å². The van der Waals surface area contributed by atoms with E-state index >= 15 is 0 Å². The molecule has 0 radical (unpaired) electrons. The first-order valence-corrected chi connectivity index (χ1v) is 9.02. The molecule has 1 atom stereocenters. The van der Waals surface area contributed by atoms with Gasteiger partial charge in [-0.1, -0.05) is 31.0 Å². The number of rotatable bonds is 2. The van der Waals surface area contributed by atoms with Gasteiger partial charge in [0.2, 0.25) is 5.91 Å². The second kappa shape index (κ2) is 6.44. The van der Waals surface area contributed by atoms with Gasteiger partial charge in [0, 0.05) is 37.1 Å². The van der Waals surface area contributed by atoms with Crippen LogP contribution >= 0.6 is 11.8 Å². The Hall–Kier alpha value is -1.30. The fraction of sp³-hybridized carbons (Fsp3) is 0.688. The van der Waals surface area contributed by atoms with Gasteiger partial charge in [0.1, 0.15) is 0 Å². The topological polar surface area (TPSA) is 55.2 Å². The third kappa shape index (κ3) is 2.93. The maximum Gasteiger partial charge on any atom is 0.257 e. The summed E-state index contributed by atoms with van der Waals surface area (Å²) in [6.07, 6.45) is 7.56. The van der Waals surface area contributed by atoms with Gasteiger partial charge in [-0.3, -0.25) is 14.2 Å². The number of nitrogens with zero attached hydrogens (tertiary/aromatic N) is 3. The van der Waals surface area contributed by atoms with Crippen molar-refractivity contribution in [2.45, 2.75) is 56.8 Å². The molecule has 2 aliphatic rings. The highest BCUT2D eigenvalue weighted by Gasteiger charge is 2.31. The van der Waals surface area contributed by atoms with Crippen LogP contribution in [0.15, 0.2) is 16.1 Å². The lowest BCUT2D eigenvalue weighted by Crippen LogP contribution is -2.45. The van der Waals surface area contributed by atoms with E-state index in [0.717, 1.165) is 18.0 Å². The van der Waals surface area contributed by atoms with Crippen molar-refractivity contribution < 1.29 is 4.79 Å². The molecular weight excluding hydrogens is 298 g/mol. The molecule has 1 unspecified atom stereocenters. The minimum Gasteiger partial charge on any atom is -0.342 e. The zero-order chi connectivity index (χ0) is 15.7. The molecule has 0 spiro atoms. The monoisotopic (exact) mass is 321 g/mol. The molecule has 1 fully saturated rings. The first-order valence-electron chi connectivity index (χ1n) is 8.04. The lowest BCUT2D eigenvalue weighted by molar-refractivity contribution is -0.136. The highest BCUT2D eigenvalue weighted by Crippen LogP contribution is 2.28. The van der Waals surface area contributed by atoms with E-state index in [-0.39, 0.29) is 17.4 Å². The number of fused-ring (bicyclic) bond motifs is 1. The standard InChI is InChI=1S/C16H23N3O2S/c1-11-8-17-16-19(14(11)20)9-12(10-22-16)15(21)18(2)13-6-4-3-5-7-13/h8,12-13H,3-7,9-10H2,1-2H3. The number of thioether (sulfide) groups is 1. The normalized spacial score (nSPS) is 22.2. The van der Waals surface area contributed by atoms with Crippen LogP contribution in [0.1, 0.15) is 37.7 Å². The van der Waals surface area contributed by atoms with Crippen molar-refractivity contribution in [3.8, 4) is 0 Å². The molecule has 120 valence electrons. The van der Waals surface area contributed by atoms with Crippen LogP contribution in [0.3, 0.4) is 0 Å². The Morgan fingerprint density at radius 3 is 2.82 bits per heavy atom. The molecule has 1 aliphatic carbocycles. The summed E-state index contributed by atoms with van der Waals surface area (Å²) >= 11 is 1.52. The number of hydrogen-bond acceptors (Lipinski definition) is 4.